The van der Waals surface area contributed by atoms with Gasteiger partial charge in [-0.3, -0.25) is 9.69 Å². The van der Waals surface area contributed by atoms with Crippen LogP contribution in [-0.4, -0.2) is 34.0 Å². The number of thiazole rings is 1. The summed E-state index contributed by atoms with van der Waals surface area (Å²) < 4.78 is 6.05. The van der Waals surface area contributed by atoms with Crippen molar-refractivity contribution in [1.82, 2.24) is 9.88 Å². The van der Waals surface area contributed by atoms with Crippen molar-refractivity contribution >= 4 is 23.4 Å². The van der Waals surface area contributed by atoms with Gasteiger partial charge in [-0.1, -0.05) is 54.5 Å². The highest BCUT2D eigenvalue weighted by Gasteiger charge is 2.37. The molecule has 37 heavy (non-hydrogen) atoms. The van der Waals surface area contributed by atoms with Gasteiger partial charge in [-0.25, -0.2) is 4.98 Å². The van der Waals surface area contributed by atoms with E-state index < -0.39 is 5.97 Å². The number of fused-ring (bicyclic) bond motifs is 2. The highest BCUT2D eigenvalue weighted by Crippen LogP contribution is 2.43. The molecule has 5 nitrogen and oxygen atoms in total. The molecule has 1 N–H and O–H groups in total. The molecule has 2 heterocycles. The molecule has 1 aliphatic heterocycles. The lowest BCUT2D eigenvalue weighted by Crippen LogP contribution is -2.40. The van der Waals surface area contributed by atoms with E-state index in [2.05, 4.69) is 53.2 Å². The molecule has 2 aromatic carbocycles. The number of hydrogen-bond donors (Lipinski definition) is 1. The number of ether oxygens (including phenoxy) is 1. The van der Waals surface area contributed by atoms with Gasteiger partial charge in [-0.05, 0) is 68.6 Å². The van der Waals surface area contributed by atoms with Gasteiger partial charge in [0.05, 0.1) is 29.5 Å². The van der Waals surface area contributed by atoms with Crippen LogP contribution in [-0.2, 0) is 23.4 Å². The van der Waals surface area contributed by atoms with Gasteiger partial charge in [0.25, 0.3) is 0 Å². The molecule has 0 bridgehead atoms. The largest absolute Gasteiger partial charge is 0.488 e. The van der Waals surface area contributed by atoms with Crippen LogP contribution >= 0.6 is 11.3 Å². The second-order valence-electron chi connectivity index (χ2n) is 9.87. The number of piperidine rings is 1. The number of benzene rings is 2. The number of aliphatic carboxylic acids is 1. The second-order valence-corrected chi connectivity index (χ2v) is 11.0. The fourth-order valence-electron chi connectivity index (χ4n) is 5.41. The lowest BCUT2D eigenvalue weighted by atomic mass is 9.74. The molecule has 1 aromatic heterocycles. The summed E-state index contributed by atoms with van der Waals surface area (Å²) in [6.07, 6.45) is 7.00. The number of likely N-dealkylation sites (tertiary alicyclic amines) is 1. The van der Waals surface area contributed by atoms with Crippen molar-refractivity contribution in [2.24, 2.45) is 0 Å². The molecule has 5 rings (SSSR count). The molecular weight excluding hydrogens is 480 g/mol. The lowest BCUT2D eigenvalue weighted by molar-refractivity contribution is -0.137. The maximum absolute atomic E-state index is 11.1. The molecule has 2 aliphatic rings. The Labute approximate surface area is 222 Å². The van der Waals surface area contributed by atoms with Crippen molar-refractivity contribution in [2.75, 3.05) is 13.1 Å². The van der Waals surface area contributed by atoms with Crippen LogP contribution in [0.4, 0.5) is 0 Å². The van der Waals surface area contributed by atoms with E-state index in [-0.39, 0.29) is 17.8 Å². The van der Waals surface area contributed by atoms with E-state index in [1.807, 2.05) is 31.2 Å². The average Bonchev–Trinajstić information content (AvgIpc) is 3.44. The van der Waals surface area contributed by atoms with Gasteiger partial charge in [-0.2, -0.15) is 0 Å². The van der Waals surface area contributed by atoms with Crippen molar-refractivity contribution < 1.29 is 14.6 Å². The van der Waals surface area contributed by atoms with E-state index in [0.717, 1.165) is 59.4 Å². The van der Waals surface area contributed by atoms with E-state index in [4.69, 9.17) is 14.8 Å². The van der Waals surface area contributed by atoms with Crippen LogP contribution in [0.5, 0.6) is 5.75 Å². The highest BCUT2D eigenvalue weighted by molar-refractivity contribution is 7.11. The molecule has 0 radical (unpaired) electrons. The zero-order chi connectivity index (χ0) is 25.8. The van der Waals surface area contributed by atoms with E-state index in [9.17, 15) is 4.79 Å². The number of carbonyl (C=O) groups is 1. The van der Waals surface area contributed by atoms with Crippen LogP contribution in [0.1, 0.15) is 64.4 Å². The standard InChI is InChI=1S/C31H32N2O3S/c1-3-6-25(19-30(34)35)23-9-11-26(12-10-23)36-21-28-22(2)32-29(37-28)20-33-17-15-31(16-18-33)14-13-24-7-4-5-8-27(24)31/h4-5,7-14,25H,15-21H2,1-2H3,(H,34,35)/t25-/m0/s1. The number of aryl methyl sites for hydroxylation is 1. The van der Waals surface area contributed by atoms with Crippen LogP contribution in [0.2, 0.25) is 0 Å². The summed E-state index contributed by atoms with van der Waals surface area (Å²) in [6.45, 7) is 7.27. The first-order chi connectivity index (χ1) is 18.0. The topological polar surface area (TPSA) is 62.7 Å². The summed E-state index contributed by atoms with van der Waals surface area (Å²) in [5, 5.41) is 10.3. The van der Waals surface area contributed by atoms with Crippen molar-refractivity contribution in [2.45, 2.75) is 57.6 Å². The molecule has 1 aliphatic carbocycles. The molecule has 1 saturated heterocycles. The fraction of sp³-hybridized carbons (Fsp3) is 0.355. The van der Waals surface area contributed by atoms with Gasteiger partial charge in [0.2, 0.25) is 0 Å². The van der Waals surface area contributed by atoms with Gasteiger partial charge in [0, 0.05) is 5.41 Å². The van der Waals surface area contributed by atoms with Crippen molar-refractivity contribution in [3.63, 3.8) is 0 Å². The smallest absolute Gasteiger partial charge is 0.304 e. The first-order valence-electron chi connectivity index (χ1n) is 12.8. The predicted octanol–water partition coefficient (Wildman–Crippen LogP) is 6.17. The normalized spacial score (nSPS) is 16.7. The third kappa shape index (κ3) is 5.64. The number of hydrogen-bond acceptors (Lipinski definition) is 5. The molecule has 0 saturated carbocycles. The Morgan fingerprint density at radius 3 is 2.68 bits per heavy atom. The van der Waals surface area contributed by atoms with E-state index >= 15 is 0 Å². The lowest BCUT2D eigenvalue weighted by Gasteiger charge is -2.39. The minimum Gasteiger partial charge on any atom is -0.488 e. The van der Waals surface area contributed by atoms with Crippen molar-refractivity contribution in [3.8, 4) is 17.6 Å². The Bertz CT molecular complexity index is 1360. The summed E-state index contributed by atoms with van der Waals surface area (Å²) in [5.41, 5.74) is 4.98. The Kier molecular flexibility index (Phi) is 7.45. The third-order valence-electron chi connectivity index (χ3n) is 7.47. The third-order valence-corrected chi connectivity index (χ3v) is 8.59. The monoisotopic (exact) mass is 512 g/mol. The molecule has 1 atom stereocenters. The molecule has 6 heteroatoms. The number of carboxylic acid groups (broad SMARTS) is 1. The summed E-state index contributed by atoms with van der Waals surface area (Å²) >= 11 is 1.73. The zero-order valence-electron chi connectivity index (χ0n) is 21.4. The molecule has 1 fully saturated rings. The number of carboxylic acids is 1. The first kappa shape index (κ1) is 25.3. The van der Waals surface area contributed by atoms with Crippen LogP contribution in [0.15, 0.2) is 54.6 Å². The number of rotatable bonds is 8. The van der Waals surface area contributed by atoms with Crippen LogP contribution < -0.4 is 4.74 Å². The molecule has 3 aromatic rings. The average molecular weight is 513 g/mol. The Hall–Kier alpha value is -3.40. The van der Waals surface area contributed by atoms with Gasteiger partial charge in [-0.15, -0.1) is 17.3 Å². The summed E-state index contributed by atoms with van der Waals surface area (Å²) in [4.78, 5) is 19.6. The first-order valence-corrected chi connectivity index (χ1v) is 13.6. The van der Waals surface area contributed by atoms with Crippen molar-refractivity contribution in [1.29, 1.82) is 0 Å². The highest BCUT2D eigenvalue weighted by atomic mass is 32.1. The van der Waals surface area contributed by atoms with E-state index in [1.54, 1.807) is 18.3 Å². The quantitative estimate of drug-likeness (QED) is 0.366. The van der Waals surface area contributed by atoms with E-state index in [1.165, 1.54) is 11.1 Å². The Morgan fingerprint density at radius 1 is 1.19 bits per heavy atom. The maximum Gasteiger partial charge on any atom is 0.304 e. The van der Waals surface area contributed by atoms with Gasteiger partial charge < -0.3 is 9.84 Å². The maximum atomic E-state index is 11.1. The molecule has 0 amide bonds. The van der Waals surface area contributed by atoms with Crippen LogP contribution in [0.25, 0.3) is 6.08 Å². The number of nitrogens with zero attached hydrogens (tertiary/aromatic N) is 2. The number of aromatic nitrogens is 1. The predicted molar refractivity (Wildman–Crippen MR) is 148 cm³/mol. The van der Waals surface area contributed by atoms with Crippen molar-refractivity contribution in [3.05, 3.63) is 86.9 Å². The molecule has 1 spiro atoms. The minimum atomic E-state index is -0.852. The number of allylic oxidation sites excluding steroid dienone is 1. The van der Waals surface area contributed by atoms with Gasteiger partial charge in [0.1, 0.15) is 17.4 Å². The molecule has 190 valence electrons. The van der Waals surface area contributed by atoms with Gasteiger partial charge in [0.15, 0.2) is 0 Å². The summed E-state index contributed by atoms with van der Waals surface area (Å²) in [5.74, 6) is 5.40. The molecule has 0 unspecified atom stereocenters. The summed E-state index contributed by atoms with van der Waals surface area (Å²) in [7, 11) is 0. The van der Waals surface area contributed by atoms with Crippen LogP contribution in [0.3, 0.4) is 0 Å². The Morgan fingerprint density at radius 2 is 1.95 bits per heavy atom. The minimum absolute atomic E-state index is 0.00806. The second kappa shape index (κ2) is 10.9. The van der Waals surface area contributed by atoms with Crippen LogP contribution in [0, 0.1) is 18.8 Å². The van der Waals surface area contributed by atoms with E-state index in [0.29, 0.717) is 6.61 Å². The van der Waals surface area contributed by atoms with Gasteiger partial charge >= 0.3 is 5.97 Å². The molecular formula is C31H32N2O3S. The summed E-state index contributed by atoms with van der Waals surface area (Å²) in [6, 6.07) is 16.4. The fourth-order valence-corrected chi connectivity index (χ4v) is 6.43. The zero-order valence-corrected chi connectivity index (χ0v) is 22.2. The Balaban J connectivity index is 1.15. The SMILES string of the molecule is CC#C[C@@H](CC(=O)O)c1ccc(OCc2sc(CN3CCC4(C=Cc5ccccc54)CC3)nc2C)cc1.